The highest BCUT2D eigenvalue weighted by atomic mass is 16.5. The topological polar surface area (TPSA) is 24.5 Å². The van der Waals surface area contributed by atoms with E-state index in [4.69, 9.17) is 4.74 Å². The van der Waals surface area contributed by atoms with Crippen molar-refractivity contribution in [3.8, 4) is 0 Å². The number of hydrogen-bond donors (Lipinski definition) is 1. The lowest BCUT2D eigenvalue weighted by molar-refractivity contribution is 0.0268. The first-order valence-electron chi connectivity index (χ1n) is 9.31. The van der Waals surface area contributed by atoms with Gasteiger partial charge in [0.25, 0.3) is 0 Å². The van der Waals surface area contributed by atoms with Gasteiger partial charge in [-0.2, -0.15) is 0 Å². The van der Waals surface area contributed by atoms with Crippen LogP contribution >= 0.6 is 0 Å². The summed E-state index contributed by atoms with van der Waals surface area (Å²) in [5.41, 5.74) is 0. The van der Waals surface area contributed by atoms with Crippen LogP contribution in [0.4, 0.5) is 0 Å². The van der Waals surface area contributed by atoms with Crippen LogP contribution in [-0.4, -0.2) is 49.8 Å². The van der Waals surface area contributed by atoms with Crippen molar-refractivity contribution in [3.05, 3.63) is 0 Å². The van der Waals surface area contributed by atoms with Crippen molar-refractivity contribution >= 4 is 0 Å². The largest absolute Gasteiger partial charge is 0.378 e. The summed E-state index contributed by atoms with van der Waals surface area (Å²) >= 11 is 0. The minimum Gasteiger partial charge on any atom is -0.378 e. The number of hydrogen-bond acceptors (Lipinski definition) is 3. The van der Waals surface area contributed by atoms with E-state index in [2.05, 4.69) is 24.1 Å². The molecule has 0 atom stereocenters. The number of ether oxygens (including phenoxy) is 1. The first-order valence-corrected chi connectivity index (χ1v) is 9.31. The maximum absolute atomic E-state index is 5.98. The summed E-state index contributed by atoms with van der Waals surface area (Å²) in [6.07, 6.45) is 11.1. The summed E-state index contributed by atoms with van der Waals surface area (Å²) in [6.45, 7) is 10.5. The molecule has 2 aliphatic rings. The average molecular weight is 296 g/mol. The zero-order chi connectivity index (χ0) is 14.9. The molecular weight excluding hydrogens is 260 g/mol. The molecule has 2 fully saturated rings. The molecule has 0 aromatic carbocycles. The van der Waals surface area contributed by atoms with E-state index in [1.807, 2.05) is 0 Å². The van der Waals surface area contributed by atoms with Crippen molar-refractivity contribution in [3.63, 3.8) is 0 Å². The lowest BCUT2D eigenvalue weighted by atomic mass is 9.98. The Morgan fingerprint density at radius 1 is 1.05 bits per heavy atom. The van der Waals surface area contributed by atoms with Gasteiger partial charge in [0.05, 0.1) is 6.10 Å². The van der Waals surface area contributed by atoms with Crippen molar-refractivity contribution in [2.45, 2.75) is 77.4 Å². The van der Waals surface area contributed by atoms with E-state index in [-0.39, 0.29) is 0 Å². The van der Waals surface area contributed by atoms with E-state index in [1.165, 1.54) is 71.0 Å². The third kappa shape index (κ3) is 7.12. The molecule has 1 saturated carbocycles. The van der Waals surface area contributed by atoms with Gasteiger partial charge in [-0.3, -0.25) is 0 Å². The van der Waals surface area contributed by atoms with E-state index >= 15 is 0 Å². The Labute approximate surface area is 131 Å². The van der Waals surface area contributed by atoms with E-state index in [0.29, 0.717) is 6.10 Å². The molecule has 1 aliphatic heterocycles. The second-order valence-electron chi connectivity index (χ2n) is 7.41. The first kappa shape index (κ1) is 17.2. The summed E-state index contributed by atoms with van der Waals surface area (Å²) in [7, 11) is 0. The predicted octanol–water partition coefficient (Wildman–Crippen LogP) is 3.44. The fraction of sp³-hybridized carbons (Fsp3) is 1.00. The summed E-state index contributed by atoms with van der Waals surface area (Å²) in [5.74, 6) is 0.798. The smallest absolute Gasteiger partial charge is 0.0575 e. The molecule has 21 heavy (non-hydrogen) atoms. The Morgan fingerprint density at radius 3 is 2.43 bits per heavy atom. The molecule has 1 N–H and O–H groups in total. The highest BCUT2D eigenvalue weighted by Gasteiger charge is 2.19. The molecule has 2 rings (SSSR count). The lowest BCUT2D eigenvalue weighted by Gasteiger charge is -2.33. The highest BCUT2D eigenvalue weighted by molar-refractivity contribution is 4.77. The predicted molar refractivity (Wildman–Crippen MR) is 89.7 cm³/mol. The minimum atomic E-state index is 0.568. The Morgan fingerprint density at radius 2 is 1.76 bits per heavy atom. The Hall–Kier alpha value is -0.120. The highest BCUT2D eigenvalue weighted by Crippen LogP contribution is 2.20. The summed E-state index contributed by atoms with van der Waals surface area (Å²) < 4.78 is 5.98. The number of nitrogens with zero attached hydrogens (tertiary/aromatic N) is 1. The van der Waals surface area contributed by atoms with Gasteiger partial charge in [0.2, 0.25) is 0 Å². The normalized spacial score (nSPS) is 23.0. The fourth-order valence-corrected chi connectivity index (χ4v) is 3.70. The molecule has 0 unspecified atom stereocenters. The zero-order valence-electron chi connectivity index (χ0n) is 14.3. The van der Waals surface area contributed by atoms with E-state index in [0.717, 1.165) is 25.1 Å². The van der Waals surface area contributed by atoms with Crippen molar-refractivity contribution in [1.82, 2.24) is 10.2 Å². The second kappa shape index (κ2) is 9.81. The Balaban J connectivity index is 1.44. The fourth-order valence-electron chi connectivity index (χ4n) is 3.70. The molecule has 0 aromatic rings. The average Bonchev–Trinajstić information content (AvgIpc) is 2.49. The Bertz CT molecular complexity index is 256. The SMILES string of the molecule is CC(C)CN1CCC(NCCCOC2CCCCC2)CC1. The van der Waals surface area contributed by atoms with Crippen LogP contribution in [0.5, 0.6) is 0 Å². The molecular formula is C18H36N2O. The number of piperidine rings is 1. The summed E-state index contributed by atoms with van der Waals surface area (Å²) in [5, 5.41) is 3.73. The van der Waals surface area contributed by atoms with Crippen LogP contribution in [-0.2, 0) is 4.74 Å². The van der Waals surface area contributed by atoms with Crippen molar-refractivity contribution < 1.29 is 4.74 Å². The van der Waals surface area contributed by atoms with Crippen LogP contribution in [0.2, 0.25) is 0 Å². The zero-order valence-corrected chi connectivity index (χ0v) is 14.3. The van der Waals surface area contributed by atoms with E-state index in [9.17, 15) is 0 Å². The maximum atomic E-state index is 5.98. The van der Waals surface area contributed by atoms with Crippen LogP contribution in [0.3, 0.4) is 0 Å². The van der Waals surface area contributed by atoms with E-state index < -0.39 is 0 Å². The molecule has 1 heterocycles. The number of likely N-dealkylation sites (tertiary alicyclic amines) is 1. The Kier molecular flexibility index (Phi) is 8.05. The van der Waals surface area contributed by atoms with Crippen LogP contribution in [0.15, 0.2) is 0 Å². The number of rotatable bonds is 8. The molecule has 1 saturated heterocycles. The molecule has 0 aromatic heterocycles. The van der Waals surface area contributed by atoms with Gasteiger partial charge in [0.15, 0.2) is 0 Å². The van der Waals surface area contributed by atoms with Gasteiger partial charge in [-0.1, -0.05) is 33.1 Å². The first-order chi connectivity index (χ1) is 10.2. The lowest BCUT2D eigenvalue weighted by Crippen LogP contribution is -2.43. The van der Waals surface area contributed by atoms with Crippen molar-refractivity contribution in [1.29, 1.82) is 0 Å². The molecule has 0 spiro atoms. The van der Waals surface area contributed by atoms with Gasteiger partial charge in [0, 0.05) is 19.2 Å². The standard InChI is InChI=1S/C18H36N2O/c1-16(2)15-20-12-9-17(10-13-20)19-11-6-14-21-18-7-4-3-5-8-18/h16-19H,3-15H2,1-2H3. The van der Waals surface area contributed by atoms with Gasteiger partial charge in [-0.25, -0.2) is 0 Å². The van der Waals surface area contributed by atoms with Crippen molar-refractivity contribution in [2.24, 2.45) is 5.92 Å². The van der Waals surface area contributed by atoms with Gasteiger partial charge < -0.3 is 15.0 Å². The number of nitrogens with one attached hydrogen (secondary N) is 1. The van der Waals surface area contributed by atoms with E-state index in [1.54, 1.807) is 0 Å². The molecule has 1 aliphatic carbocycles. The van der Waals surface area contributed by atoms with Gasteiger partial charge in [0.1, 0.15) is 0 Å². The van der Waals surface area contributed by atoms with Gasteiger partial charge in [-0.05, 0) is 57.7 Å². The maximum Gasteiger partial charge on any atom is 0.0575 e. The molecule has 0 amide bonds. The second-order valence-corrected chi connectivity index (χ2v) is 7.41. The summed E-state index contributed by atoms with van der Waals surface area (Å²) in [4.78, 5) is 2.62. The monoisotopic (exact) mass is 296 g/mol. The summed E-state index contributed by atoms with van der Waals surface area (Å²) in [6, 6.07) is 0.739. The van der Waals surface area contributed by atoms with Crippen molar-refractivity contribution in [2.75, 3.05) is 32.8 Å². The molecule has 0 radical (unpaired) electrons. The van der Waals surface area contributed by atoms with Gasteiger partial charge >= 0.3 is 0 Å². The third-order valence-electron chi connectivity index (χ3n) is 4.87. The molecule has 3 heteroatoms. The minimum absolute atomic E-state index is 0.568. The third-order valence-corrected chi connectivity index (χ3v) is 4.87. The molecule has 0 bridgehead atoms. The van der Waals surface area contributed by atoms with Crippen LogP contribution < -0.4 is 5.32 Å². The van der Waals surface area contributed by atoms with Crippen LogP contribution in [0.1, 0.15) is 65.2 Å². The molecule has 3 nitrogen and oxygen atoms in total. The van der Waals surface area contributed by atoms with Crippen LogP contribution in [0.25, 0.3) is 0 Å². The van der Waals surface area contributed by atoms with Gasteiger partial charge in [-0.15, -0.1) is 0 Å². The quantitative estimate of drug-likeness (QED) is 0.695. The molecule has 124 valence electrons. The van der Waals surface area contributed by atoms with Crippen LogP contribution in [0, 0.1) is 5.92 Å².